The van der Waals surface area contributed by atoms with Crippen LogP contribution in [-0.4, -0.2) is 4.98 Å². The molecule has 112 valence electrons. The number of hydrogen-bond donors (Lipinski definition) is 1. The van der Waals surface area contributed by atoms with Gasteiger partial charge in [0.05, 0.1) is 16.8 Å². The zero-order chi connectivity index (χ0) is 15.7. The van der Waals surface area contributed by atoms with Crippen LogP contribution in [0.5, 0.6) is 0 Å². The number of anilines is 2. The Balaban J connectivity index is 2.04. The van der Waals surface area contributed by atoms with Gasteiger partial charge in [0.1, 0.15) is 5.82 Å². The lowest BCUT2D eigenvalue weighted by atomic mass is 10.1. The van der Waals surface area contributed by atoms with Crippen molar-refractivity contribution in [1.29, 1.82) is 0 Å². The molecule has 3 rings (SSSR count). The van der Waals surface area contributed by atoms with Crippen LogP contribution in [0.4, 0.5) is 24.7 Å². The maximum Gasteiger partial charge on any atom is 0.418 e. The SMILES string of the molecule is Cc1cc(Nc2ccccc2C(F)(F)F)nc2ccccc12. The van der Waals surface area contributed by atoms with Crippen molar-refractivity contribution in [2.45, 2.75) is 13.1 Å². The summed E-state index contributed by atoms with van der Waals surface area (Å²) in [5.74, 6) is 0.396. The average Bonchev–Trinajstić information content (AvgIpc) is 2.47. The molecule has 1 N–H and O–H groups in total. The minimum atomic E-state index is -4.41. The zero-order valence-corrected chi connectivity index (χ0v) is 11.8. The number of fused-ring (bicyclic) bond motifs is 1. The Bertz CT molecular complexity index is 825. The summed E-state index contributed by atoms with van der Waals surface area (Å²) in [6.45, 7) is 1.91. The minimum absolute atomic E-state index is 0.00261. The van der Waals surface area contributed by atoms with Crippen molar-refractivity contribution in [1.82, 2.24) is 4.98 Å². The summed E-state index contributed by atoms with van der Waals surface area (Å²) in [5, 5.41) is 3.76. The van der Waals surface area contributed by atoms with Crippen LogP contribution < -0.4 is 5.32 Å². The maximum atomic E-state index is 13.0. The molecule has 2 aromatic carbocycles. The third kappa shape index (κ3) is 2.74. The summed E-state index contributed by atoms with van der Waals surface area (Å²) in [7, 11) is 0. The second-order valence-corrected chi connectivity index (χ2v) is 5.01. The average molecular weight is 302 g/mol. The molecule has 0 aliphatic heterocycles. The molecule has 1 aromatic heterocycles. The number of para-hydroxylation sites is 2. The molecule has 0 radical (unpaired) electrons. The van der Waals surface area contributed by atoms with Gasteiger partial charge in [0.15, 0.2) is 0 Å². The molecular formula is C17H13F3N2. The topological polar surface area (TPSA) is 24.9 Å². The van der Waals surface area contributed by atoms with E-state index in [9.17, 15) is 13.2 Å². The van der Waals surface area contributed by atoms with Gasteiger partial charge in [-0.2, -0.15) is 13.2 Å². The van der Waals surface area contributed by atoms with Crippen molar-refractivity contribution in [3.63, 3.8) is 0 Å². The van der Waals surface area contributed by atoms with Gasteiger partial charge in [0, 0.05) is 5.39 Å². The lowest BCUT2D eigenvalue weighted by Gasteiger charge is -2.14. The predicted octanol–water partition coefficient (Wildman–Crippen LogP) is 5.31. The molecule has 5 heteroatoms. The second-order valence-electron chi connectivity index (χ2n) is 5.01. The number of pyridine rings is 1. The zero-order valence-electron chi connectivity index (χ0n) is 11.8. The van der Waals surface area contributed by atoms with Crippen LogP contribution in [0.15, 0.2) is 54.6 Å². The van der Waals surface area contributed by atoms with Crippen LogP contribution in [0.25, 0.3) is 10.9 Å². The number of hydrogen-bond acceptors (Lipinski definition) is 2. The fourth-order valence-corrected chi connectivity index (χ4v) is 2.39. The van der Waals surface area contributed by atoms with Crippen LogP contribution in [-0.2, 0) is 6.18 Å². The standard InChI is InChI=1S/C17H13F3N2/c1-11-10-16(21-14-8-4-2-6-12(11)14)22-15-9-5-3-7-13(15)17(18,19)20/h2-10H,1H3,(H,21,22). The Morgan fingerprint density at radius 1 is 0.955 bits per heavy atom. The number of nitrogens with one attached hydrogen (secondary N) is 1. The fourth-order valence-electron chi connectivity index (χ4n) is 2.39. The molecule has 2 nitrogen and oxygen atoms in total. The van der Waals surface area contributed by atoms with E-state index in [4.69, 9.17) is 0 Å². The minimum Gasteiger partial charge on any atom is -0.340 e. The summed E-state index contributed by atoms with van der Waals surface area (Å²) in [6.07, 6.45) is -4.41. The largest absolute Gasteiger partial charge is 0.418 e. The summed E-state index contributed by atoms with van der Waals surface area (Å²) in [4.78, 5) is 4.38. The molecule has 0 atom stereocenters. The van der Waals surface area contributed by atoms with E-state index in [2.05, 4.69) is 10.3 Å². The molecule has 0 fully saturated rings. The lowest BCUT2D eigenvalue weighted by molar-refractivity contribution is -0.136. The number of halogens is 3. The van der Waals surface area contributed by atoms with Gasteiger partial charge in [-0.1, -0.05) is 30.3 Å². The Hall–Kier alpha value is -2.56. The first kappa shape index (κ1) is 14.4. The first-order chi connectivity index (χ1) is 10.4. The van der Waals surface area contributed by atoms with Crippen molar-refractivity contribution in [2.24, 2.45) is 0 Å². The van der Waals surface area contributed by atoms with Crippen LogP contribution in [0.2, 0.25) is 0 Å². The molecule has 0 amide bonds. The third-order valence-electron chi connectivity index (χ3n) is 3.42. The van der Waals surface area contributed by atoms with Crippen LogP contribution in [0, 0.1) is 6.92 Å². The molecule has 22 heavy (non-hydrogen) atoms. The normalized spacial score (nSPS) is 11.6. The molecule has 1 heterocycles. The molecular weight excluding hydrogens is 289 g/mol. The van der Waals surface area contributed by atoms with Gasteiger partial charge < -0.3 is 5.32 Å². The van der Waals surface area contributed by atoms with E-state index in [0.29, 0.717) is 5.82 Å². The highest BCUT2D eigenvalue weighted by atomic mass is 19.4. The van der Waals surface area contributed by atoms with E-state index in [1.54, 1.807) is 12.1 Å². The summed E-state index contributed by atoms with van der Waals surface area (Å²) in [6, 6.07) is 14.7. The van der Waals surface area contributed by atoms with E-state index in [1.165, 1.54) is 12.1 Å². The molecule has 0 saturated carbocycles. The van der Waals surface area contributed by atoms with Crippen molar-refractivity contribution < 1.29 is 13.2 Å². The van der Waals surface area contributed by atoms with Crippen LogP contribution >= 0.6 is 0 Å². The first-order valence-corrected chi connectivity index (χ1v) is 6.75. The van der Waals surface area contributed by atoms with Gasteiger partial charge in [-0.05, 0) is 36.8 Å². The van der Waals surface area contributed by atoms with E-state index in [0.717, 1.165) is 22.5 Å². The molecule has 3 aromatic rings. The molecule has 0 spiro atoms. The summed E-state index contributed by atoms with van der Waals surface area (Å²) >= 11 is 0. The van der Waals surface area contributed by atoms with Gasteiger partial charge in [-0.3, -0.25) is 0 Å². The number of benzene rings is 2. The van der Waals surface area contributed by atoms with Gasteiger partial charge >= 0.3 is 6.18 Å². The molecule has 0 aliphatic rings. The highest BCUT2D eigenvalue weighted by Gasteiger charge is 2.33. The smallest absolute Gasteiger partial charge is 0.340 e. The summed E-state index contributed by atoms with van der Waals surface area (Å²) in [5.41, 5.74) is 0.992. The number of aromatic nitrogens is 1. The maximum absolute atomic E-state index is 13.0. The van der Waals surface area contributed by atoms with Crippen LogP contribution in [0.1, 0.15) is 11.1 Å². The number of nitrogens with zero attached hydrogens (tertiary/aromatic N) is 1. The van der Waals surface area contributed by atoms with E-state index in [1.807, 2.05) is 31.2 Å². The highest BCUT2D eigenvalue weighted by Crippen LogP contribution is 2.36. The van der Waals surface area contributed by atoms with Gasteiger partial charge in [0.2, 0.25) is 0 Å². The third-order valence-corrected chi connectivity index (χ3v) is 3.42. The van der Waals surface area contributed by atoms with Crippen molar-refractivity contribution in [3.05, 3.63) is 65.7 Å². The van der Waals surface area contributed by atoms with Crippen molar-refractivity contribution >= 4 is 22.4 Å². The van der Waals surface area contributed by atoms with Gasteiger partial charge in [0.25, 0.3) is 0 Å². The van der Waals surface area contributed by atoms with E-state index < -0.39 is 11.7 Å². The second kappa shape index (κ2) is 5.33. The Labute approximate surface area is 125 Å². The number of rotatable bonds is 2. The van der Waals surface area contributed by atoms with E-state index in [-0.39, 0.29) is 5.69 Å². The van der Waals surface area contributed by atoms with Gasteiger partial charge in [-0.15, -0.1) is 0 Å². The predicted molar refractivity (Wildman–Crippen MR) is 81.2 cm³/mol. The van der Waals surface area contributed by atoms with Crippen molar-refractivity contribution in [3.8, 4) is 0 Å². The number of aryl methyl sites for hydroxylation is 1. The highest BCUT2D eigenvalue weighted by molar-refractivity contribution is 5.84. The molecule has 0 aliphatic carbocycles. The summed E-state index contributed by atoms with van der Waals surface area (Å²) < 4.78 is 39.1. The number of alkyl halides is 3. The van der Waals surface area contributed by atoms with E-state index >= 15 is 0 Å². The lowest BCUT2D eigenvalue weighted by Crippen LogP contribution is -2.09. The van der Waals surface area contributed by atoms with Gasteiger partial charge in [-0.25, -0.2) is 4.98 Å². The Kier molecular flexibility index (Phi) is 3.48. The fraction of sp³-hybridized carbons (Fsp3) is 0.118. The Morgan fingerprint density at radius 3 is 2.41 bits per heavy atom. The molecule has 0 bridgehead atoms. The monoisotopic (exact) mass is 302 g/mol. The Morgan fingerprint density at radius 2 is 1.64 bits per heavy atom. The first-order valence-electron chi connectivity index (χ1n) is 6.75. The quantitative estimate of drug-likeness (QED) is 0.694. The van der Waals surface area contributed by atoms with Crippen molar-refractivity contribution in [2.75, 3.05) is 5.32 Å². The molecule has 0 unspecified atom stereocenters. The van der Waals surface area contributed by atoms with Crippen LogP contribution in [0.3, 0.4) is 0 Å². The molecule has 0 saturated heterocycles.